The molecule has 170 valence electrons. The van der Waals surface area contributed by atoms with E-state index in [1.807, 2.05) is 43.0 Å². The number of ether oxygens (including phenoxy) is 2. The number of halogens is 1. The van der Waals surface area contributed by atoms with Gasteiger partial charge in [-0.15, -0.1) is 12.4 Å². The molecule has 2 aromatic carbocycles. The van der Waals surface area contributed by atoms with Gasteiger partial charge in [-0.05, 0) is 81.2 Å². The van der Waals surface area contributed by atoms with E-state index in [0.717, 1.165) is 41.7 Å². The van der Waals surface area contributed by atoms with Crippen molar-refractivity contribution in [3.63, 3.8) is 0 Å². The quantitative estimate of drug-likeness (QED) is 0.599. The van der Waals surface area contributed by atoms with Gasteiger partial charge < -0.3 is 19.3 Å². The third kappa shape index (κ3) is 6.34. The smallest absolute Gasteiger partial charge is 0.254 e. The fourth-order valence-electron chi connectivity index (χ4n) is 4.63. The Hall–Kier alpha value is -1.82. The predicted octanol–water partition coefficient (Wildman–Crippen LogP) is 4.77. The van der Waals surface area contributed by atoms with Gasteiger partial charge in [0.05, 0.1) is 18.8 Å². The van der Waals surface area contributed by atoms with Gasteiger partial charge in [-0.1, -0.05) is 18.6 Å². The summed E-state index contributed by atoms with van der Waals surface area (Å²) in [5.74, 6) is 0.980. The first-order valence-corrected chi connectivity index (χ1v) is 11.4. The highest BCUT2D eigenvalue weighted by Crippen LogP contribution is 2.24. The molecule has 2 aromatic rings. The highest BCUT2D eigenvalue weighted by Gasteiger charge is 2.26. The number of morpholine rings is 1. The standard InChI is InChI=1S/C25H34N2O3.ClH/c1-19-17-27(18-20(2)30-19)25(28)23-8-7-22-16-24(10-9-21(22)15-23)29-14-6-13-26-11-4-3-5-12-26;/h7-10,15-16,19-20H,3-6,11-14,17-18H2,1-2H3;1H. The Labute approximate surface area is 192 Å². The molecule has 2 heterocycles. The minimum Gasteiger partial charge on any atom is -0.494 e. The maximum Gasteiger partial charge on any atom is 0.254 e. The number of likely N-dealkylation sites (tertiary alicyclic amines) is 1. The van der Waals surface area contributed by atoms with Crippen molar-refractivity contribution in [2.75, 3.05) is 39.3 Å². The van der Waals surface area contributed by atoms with Gasteiger partial charge in [0.25, 0.3) is 5.91 Å². The highest BCUT2D eigenvalue weighted by atomic mass is 35.5. The van der Waals surface area contributed by atoms with Gasteiger partial charge in [0.2, 0.25) is 0 Å². The van der Waals surface area contributed by atoms with Crippen molar-refractivity contribution >= 4 is 29.1 Å². The first kappa shape index (κ1) is 23.8. The second kappa shape index (κ2) is 11.2. The maximum atomic E-state index is 12.9. The fourth-order valence-corrected chi connectivity index (χ4v) is 4.63. The van der Waals surface area contributed by atoms with Gasteiger partial charge in [0.15, 0.2) is 0 Å². The summed E-state index contributed by atoms with van der Waals surface area (Å²) in [4.78, 5) is 17.4. The molecule has 0 aliphatic carbocycles. The Balaban J connectivity index is 0.00000272. The lowest BCUT2D eigenvalue weighted by atomic mass is 10.1. The van der Waals surface area contributed by atoms with E-state index >= 15 is 0 Å². The summed E-state index contributed by atoms with van der Waals surface area (Å²) < 4.78 is 11.7. The number of benzene rings is 2. The average molecular weight is 447 g/mol. The molecule has 2 aliphatic heterocycles. The molecule has 0 aromatic heterocycles. The van der Waals surface area contributed by atoms with Crippen LogP contribution in [0.1, 0.15) is 49.9 Å². The van der Waals surface area contributed by atoms with E-state index in [-0.39, 0.29) is 30.5 Å². The Morgan fingerprint density at radius 3 is 2.42 bits per heavy atom. The third-order valence-electron chi connectivity index (χ3n) is 6.10. The van der Waals surface area contributed by atoms with E-state index in [1.165, 1.54) is 32.4 Å². The summed E-state index contributed by atoms with van der Waals surface area (Å²) in [6, 6.07) is 12.1. The van der Waals surface area contributed by atoms with Crippen LogP contribution in [0.3, 0.4) is 0 Å². The SMILES string of the molecule is CC1CN(C(=O)c2ccc3cc(OCCCN4CCCCC4)ccc3c2)CC(C)O1.Cl. The zero-order valence-corrected chi connectivity index (χ0v) is 19.5. The van der Waals surface area contributed by atoms with Gasteiger partial charge in [-0.2, -0.15) is 0 Å². The molecule has 0 spiro atoms. The number of nitrogens with zero attached hydrogens (tertiary/aromatic N) is 2. The summed E-state index contributed by atoms with van der Waals surface area (Å²) >= 11 is 0. The van der Waals surface area contributed by atoms with Gasteiger partial charge in [-0.25, -0.2) is 0 Å². The molecule has 0 bridgehead atoms. The summed E-state index contributed by atoms with van der Waals surface area (Å²) in [6.07, 6.45) is 5.25. The number of piperidine rings is 1. The van der Waals surface area contributed by atoms with Gasteiger partial charge in [0.1, 0.15) is 5.75 Å². The molecule has 5 nitrogen and oxygen atoms in total. The molecule has 2 unspecified atom stereocenters. The second-order valence-electron chi connectivity index (χ2n) is 8.80. The van der Waals surface area contributed by atoms with E-state index in [1.54, 1.807) is 0 Å². The lowest BCUT2D eigenvalue weighted by Crippen LogP contribution is -2.48. The van der Waals surface area contributed by atoms with Gasteiger partial charge in [-0.3, -0.25) is 4.79 Å². The summed E-state index contributed by atoms with van der Waals surface area (Å²) in [5.41, 5.74) is 0.735. The molecule has 4 rings (SSSR count). The van der Waals surface area contributed by atoms with E-state index < -0.39 is 0 Å². The van der Waals surface area contributed by atoms with Crippen LogP contribution in [0.25, 0.3) is 10.8 Å². The topological polar surface area (TPSA) is 42.0 Å². The monoisotopic (exact) mass is 446 g/mol. The molecule has 31 heavy (non-hydrogen) atoms. The Bertz CT molecular complexity index is 859. The van der Waals surface area contributed by atoms with Crippen molar-refractivity contribution in [3.8, 4) is 5.75 Å². The van der Waals surface area contributed by atoms with Crippen molar-refractivity contribution in [1.29, 1.82) is 0 Å². The third-order valence-corrected chi connectivity index (χ3v) is 6.10. The van der Waals surface area contributed by atoms with Crippen LogP contribution in [-0.4, -0.2) is 67.2 Å². The van der Waals surface area contributed by atoms with Gasteiger partial charge in [0, 0.05) is 25.2 Å². The molecular weight excluding hydrogens is 412 g/mol. The van der Waals surface area contributed by atoms with Crippen LogP contribution in [0.2, 0.25) is 0 Å². The lowest BCUT2D eigenvalue weighted by Gasteiger charge is -2.35. The van der Waals surface area contributed by atoms with Crippen LogP contribution in [0.15, 0.2) is 36.4 Å². The highest BCUT2D eigenvalue weighted by molar-refractivity contribution is 5.98. The molecule has 2 fully saturated rings. The van der Waals surface area contributed by atoms with Crippen LogP contribution >= 0.6 is 12.4 Å². The molecule has 2 saturated heterocycles. The van der Waals surface area contributed by atoms with E-state index in [2.05, 4.69) is 17.0 Å². The first-order valence-electron chi connectivity index (χ1n) is 11.4. The van der Waals surface area contributed by atoms with Crippen molar-refractivity contribution in [1.82, 2.24) is 9.80 Å². The van der Waals surface area contributed by atoms with Crippen LogP contribution in [0.4, 0.5) is 0 Å². The summed E-state index contributed by atoms with van der Waals surface area (Å²) in [6.45, 7) is 9.66. The molecule has 0 N–H and O–H groups in total. The predicted molar refractivity (Wildman–Crippen MR) is 128 cm³/mol. The molecule has 2 aliphatic rings. The fraction of sp³-hybridized carbons (Fsp3) is 0.560. The number of rotatable bonds is 6. The molecule has 0 radical (unpaired) electrons. The Kier molecular flexibility index (Phi) is 8.58. The minimum absolute atomic E-state index is 0. The van der Waals surface area contributed by atoms with Crippen molar-refractivity contribution in [2.24, 2.45) is 0 Å². The minimum atomic E-state index is 0. The van der Waals surface area contributed by atoms with Crippen LogP contribution in [-0.2, 0) is 4.74 Å². The Morgan fingerprint density at radius 1 is 1.00 bits per heavy atom. The van der Waals surface area contributed by atoms with E-state index in [9.17, 15) is 4.79 Å². The summed E-state index contributed by atoms with van der Waals surface area (Å²) in [5, 5.41) is 2.17. The zero-order chi connectivity index (χ0) is 20.9. The number of carbonyl (C=O) groups excluding carboxylic acids is 1. The van der Waals surface area contributed by atoms with Crippen molar-refractivity contribution in [3.05, 3.63) is 42.0 Å². The second-order valence-corrected chi connectivity index (χ2v) is 8.80. The molecular formula is C25H35ClN2O3. The van der Waals surface area contributed by atoms with Crippen LogP contribution in [0.5, 0.6) is 5.75 Å². The number of hydrogen-bond acceptors (Lipinski definition) is 4. The molecule has 6 heteroatoms. The van der Waals surface area contributed by atoms with Crippen LogP contribution in [0, 0.1) is 0 Å². The first-order chi connectivity index (χ1) is 14.6. The van der Waals surface area contributed by atoms with E-state index in [4.69, 9.17) is 9.47 Å². The van der Waals surface area contributed by atoms with Crippen molar-refractivity contribution in [2.45, 2.75) is 51.7 Å². The number of hydrogen-bond donors (Lipinski definition) is 0. The van der Waals surface area contributed by atoms with Gasteiger partial charge >= 0.3 is 0 Å². The lowest BCUT2D eigenvalue weighted by molar-refractivity contribution is -0.0586. The molecule has 1 amide bonds. The number of amides is 1. The summed E-state index contributed by atoms with van der Waals surface area (Å²) in [7, 11) is 0. The average Bonchev–Trinajstić information content (AvgIpc) is 2.76. The number of fused-ring (bicyclic) bond motifs is 1. The maximum absolute atomic E-state index is 12.9. The zero-order valence-electron chi connectivity index (χ0n) is 18.7. The molecule has 2 atom stereocenters. The largest absolute Gasteiger partial charge is 0.494 e. The van der Waals surface area contributed by atoms with Crippen LogP contribution < -0.4 is 4.74 Å². The normalized spacial score (nSPS) is 22.2. The van der Waals surface area contributed by atoms with E-state index in [0.29, 0.717) is 13.1 Å². The Morgan fingerprint density at radius 2 is 1.68 bits per heavy atom. The van der Waals surface area contributed by atoms with Crippen molar-refractivity contribution < 1.29 is 14.3 Å². The number of carbonyl (C=O) groups is 1. The molecule has 0 saturated carbocycles.